The molecule has 11 nitrogen and oxygen atoms in total. The summed E-state index contributed by atoms with van der Waals surface area (Å²) in [6, 6.07) is 13.2. The summed E-state index contributed by atoms with van der Waals surface area (Å²) in [5.41, 5.74) is 0.538. The summed E-state index contributed by atoms with van der Waals surface area (Å²) >= 11 is 12.3. The van der Waals surface area contributed by atoms with E-state index in [0.717, 1.165) is 0 Å². The van der Waals surface area contributed by atoms with Gasteiger partial charge < -0.3 is 25.1 Å². The number of carbonyl (C=O) groups is 4. The highest BCUT2D eigenvalue weighted by molar-refractivity contribution is 6.35. The zero-order valence-electron chi connectivity index (χ0n) is 20.4. The quantitative estimate of drug-likeness (QED) is 0.189. The van der Waals surface area contributed by atoms with E-state index in [1.807, 2.05) is 0 Å². The van der Waals surface area contributed by atoms with Crippen LogP contribution < -0.4 is 10.6 Å². The number of aromatic carboxylic acids is 1. The summed E-state index contributed by atoms with van der Waals surface area (Å²) in [5.74, 6) is -3.37. The van der Waals surface area contributed by atoms with Crippen LogP contribution in [0.5, 0.6) is 0 Å². The maximum absolute atomic E-state index is 13.2. The molecule has 1 unspecified atom stereocenters. The van der Waals surface area contributed by atoms with Gasteiger partial charge >= 0.3 is 17.9 Å². The van der Waals surface area contributed by atoms with Gasteiger partial charge in [0.15, 0.2) is 0 Å². The molecule has 1 heterocycles. The van der Waals surface area contributed by atoms with Gasteiger partial charge in [-0.2, -0.15) is 0 Å². The van der Waals surface area contributed by atoms with Gasteiger partial charge in [-0.15, -0.1) is 0 Å². The number of furan rings is 1. The number of nitrogens with zero attached hydrogens (tertiary/aromatic N) is 1. The van der Waals surface area contributed by atoms with E-state index < -0.39 is 42.9 Å². The number of carboxylic acids is 3. The van der Waals surface area contributed by atoms with Gasteiger partial charge in [-0.05, 0) is 48.9 Å². The lowest BCUT2D eigenvalue weighted by Crippen LogP contribution is -2.44. The van der Waals surface area contributed by atoms with Crippen molar-refractivity contribution in [2.75, 3.05) is 25.0 Å². The molecule has 0 saturated carbocycles. The third-order valence-corrected chi connectivity index (χ3v) is 6.13. The Morgan fingerprint density at radius 3 is 2.28 bits per heavy atom. The average molecular weight is 578 g/mol. The zero-order valence-corrected chi connectivity index (χ0v) is 21.9. The maximum Gasteiger partial charge on any atom is 0.337 e. The molecule has 1 atom stereocenters. The molecule has 0 aliphatic rings. The summed E-state index contributed by atoms with van der Waals surface area (Å²) in [5, 5.41) is 34.2. The Labute approximate surface area is 232 Å². The molecule has 5 N–H and O–H groups in total. The van der Waals surface area contributed by atoms with Crippen LogP contribution in [0.3, 0.4) is 0 Å². The van der Waals surface area contributed by atoms with Gasteiger partial charge in [0.05, 0.1) is 41.9 Å². The standard InChI is InChI=1S/C26H25Cl2N3O8/c27-15-5-7-19(28)18(11-15)22-8-6-16(39-22)12-29-21(9-10-31(13-23(32)33)14-24(34)35)25(36)30-20-4-2-1-3-17(20)26(37)38/h1-8,11,21,29H,9-10,12-14H2,(H,30,36)(H,32,33)(H,34,35)(H,37,38). The highest BCUT2D eigenvalue weighted by Gasteiger charge is 2.23. The lowest BCUT2D eigenvalue weighted by molar-refractivity contribution is -0.141. The van der Waals surface area contributed by atoms with E-state index in [-0.39, 0.29) is 30.8 Å². The van der Waals surface area contributed by atoms with Crippen LogP contribution in [0.4, 0.5) is 5.69 Å². The van der Waals surface area contributed by atoms with Crippen molar-refractivity contribution in [2.24, 2.45) is 0 Å². The Balaban J connectivity index is 1.78. The fraction of sp³-hybridized carbons (Fsp3) is 0.231. The molecule has 2 aromatic carbocycles. The van der Waals surface area contributed by atoms with Crippen molar-refractivity contribution in [3.63, 3.8) is 0 Å². The lowest BCUT2D eigenvalue weighted by Gasteiger charge is -2.23. The number of anilines is 1. The highest BCUT2D eigenvalue weighted by Crippen LogP contribution is 2.31. The predicted molar refractivity (Wildman–Crippen MR) is 143 cm³/mol. The number of aliphatic carboxylic acids is 2. The van der Waals surface area contributed by atoms with Crippen LogP contribution in [0.15, 0.2) is 59.0 Å². The van der Waals surface area contributed by atoms with Crippen LogP contribution in [0.25, 0.3) is 11.3 Å². The zero-order chi connectivity index (χ0) is 28.5. The number of rotatable bonds is 14. The first kappa shape index (κ1) is 29.7. The molecule has 0 bridgehead atoms. The second-order valence-electron chi connectivity index (χ2n) is 8.45. The van der Waals surface area contributed by atoms with Gasteiger partial charge in [-0.1, -0.05) is 35.3 Å². The van der Waals surface area contributed by atoms with Gasteiger partial charge in [-0.3, -0.25) is 24.6 Å². The molecule has 0 radical (unpaired) electrons. The largest absolute Gasteiger partial charge is 0.480 e. The predicted octanol–water partition coefficient (Wildman–Crippen LogP) is 3.91. The van der Waals surface area contributed by atoms with E-state index in [9.17, 15) is 24.3 Å². The molecular weight excluding hydrogens is 553 g/mol. The second-order valence-corrected chi connectivity index (χ2v) is 9.29. The third-order valence-electron chi connectivity index (χ3n) is 5.56. The van der Waals surface area contributed by atoms with Crippen molar-refractivity contribution >= 4 is 52.7 Å². The topological polar surface area (TPSA) is 169 Å². The van der Waals surface area contributed by atoms with Crippen LogP contribution in [0, 0.1) is 0 Å². The number of benzene rings is 2. The Hall–Kier alpha value is -3.90. The number of halogens is 2. The van der Waals surface area contributed by atoms with E-state index in [4.69, 9.17) is 37.8 Å². The first-order chi connectivity index (χ1) is 18.5. The summed E-state index contributed by atoms with van der Waals surface area (Å²) in [7, 11) is 0. The van der Waals surface area contributed by atoms with Crippen LogP contribution in [0.2, 0.25) is 10.0 Å². The molecule has 206 valence electrons. The fourth-order valence-corrected chi connectivity index (χ4v) is 4.14. The van der Waals surface area contributed by atoms with Crippen molar-refractivity contribution in [3.05, 3.63) is 76.0 Å². The molecule has 0 fully saturated rings. The van der Waals surface area contributed by atoms with Gasteiger partial charge in [0, 0.05) is 17.1 Å². The van der Waals surface area contributed by atoms with Crippen molar-refractivity contribution in [3.8, 4) is 11.3 Å². The molecular formula is C26H25Cl2N3O8. The van der Waals surface area contributed by atoms with Crippen LogP contribution >= 0.6 is 23.2 Å². The Bertz CT molecular complexity index is 1340. The van der Waals surface area contributed by atoms with Crippen molar-refractivity contribution < 1.29 is 38.9 Å². The lowest BCUT2D eigenvalue weighted by atomic mass is 10.1. The molecule has 0 aliphatic carbocycles. The van der Waals surface area contributed by atoms with Crippen molar-refractivity contribution in [1.82, 2.24) is 10.2 Å². The number of para-hydroxylation sites is 1. The first-order valence-electron chi connectivity index (χ1n) is 11.6. The van der Waals surface area contributed by atoms with Crippen molar-refractivity contribution in [1.29, 1.82) is 0 Å². The number of carboxylic acid groups (broad SMARTS) is 3. The highest BCUT2D eigenvalue weighted by atomic mass is 35.5. The van der Waals surface area contributed by atoms with Crippen molar-refractivity contribution in [2.45, 2.75) is 19.0 Å². The average Bonchev–Trinajstić information content (AvgIpc) is 3.33. The maximum atomic E-state index is 13.2. The molecule has 0 saturated heterocycles. The molecule has 13 heteroatoms. The first-order valence-corrected chi connectivity index (χ1v) is 12.4. The SMILES string of the molecule is O=C(O)CN(CCC(NCc1ccc(-c2cc(Cl)ccc2Cl)o1)C(=O)Nc1ccccc1C(=O)O)CC(=O)O. The summed E-state index contributed by atoms with van der Waals surface area (Å²) < 4.78 is 5.85. The van der Waals surface area contributed by atoms with E-state index in [0.29, 0.717) is 27.1 Å². The molecule has 1 amide bonds. The van der Waals surface area contributed by atoms with E-state index in [1.165, 1.54) is 23.1 Å². The third kappa shape index (κ3) is 8.82. The van der Waals surface area contributed by atoms with E-state index in [2.05, 4.69) is 10.6 Å². The van der Waals surface area contributed by atoms with E-state index in [1.54, 1.807) is 36.4 Å². The molecule has 0 spiro atoms. The van der Waals surface area contributed by atoms with Gasteiger partial charge in [0.25, 0.3) is 0 Å². The van der Waals surface area contributed by atoms with Gasteiger partial charge in [-0.25, -0.2) is 4.79 Å². The molecule has 0 aliphatic heterocycles. The Morgan fingerprint density at radius 1 is 0.923 bits per heavy atom. The summed E-state index contributed by atoms with van der Waals surface area (Å²) in [4.78, 5) is 48.3. The normalized spacial score (nSPS) is 11.8. The minimum absolute atomic E-state index is 0.00924. The minimum atomic E-state index is -1.23. The monoisotopic (exact) mass is 577 g/mol. The summed E-state index contributed by atoms with van der Waals surface area (Å²) in [6.07, 6.45) is 0.00924. The van der Waals surface area contributed by atoms with E-state index >= 15 is 0 Å². The summed E-state index contributed by atoms with van der Waals surface area (Å²) in [6.45, 7) is -1.06. The Morgan fingerprint density at radius 2 is 1.62 bits per heavy atom. The smallest absolute Gasteiger partial charge is 0.337 e. The van der Waals surface area contributed by atoms with Crippen LogP contribution in [-0.4, -0.2) is 69.7 Å². The van der Waals surface area contributed by atoms with Crippen LogP contribution in [0.1, 0.15) is 22.5 Å². The minimum Gasteiger partial charge on any atom is -0.480 e. The van der Waals surface area contributed by atoms with Gasteiger partial charge in [0.1, 0.15) is 11.5 Å². The molecule has 3 aromatic rings. The number of amides is 1. The van der Waals surface area contributed by atoms with Crippen LogP contribution in [-0.2, 0) is 20.9 Å². The second kappa shape index (κ2) is 13.8. The number of nitrogens with one attached hydrogen (secondary N) is 2. The molecule has 1 aromatic heterocycles. The number of hydrogen-bond acceptors (Lipinski definition) is 7. The fourth-order valence-electron chi connectivity index (χ4n) is 3.76. The number of hydrogen-bond donors (Lipinski definition) is 5. The number of carbonyl (C=O) groups excluding carboxylic acids is 1. The molecule has 39 heavy (non-hydrogen) atoms. The Kier molecular flexibility index (Phi) is 10.5. The molecule has 3 rings (SSSR count). The van der Waals surface area contributed by atoms with Gasteiger partial charge in [0.2, 0.25) is 5.91 Å².